The Morgan fingerprint density at radius 2 is 2.00 bits per heavy atom. The first-order chi connectivity index (χ1) is 12.0. The van der Waals surface area contributed by atoms with Gasteiger partial charge in [0, 0.05) is 29.1 Å². The van der Waals surface area contributed by atoms with Gasteiger partial charge in [-0.25, -0.2) is 4.98 Å². The molecule has 1 saturated heterocycles. The Hall–Kier alpha value is -2.12. The number of hydrogen-bond donors (Lipinski definition) is 2. The summed E-state index contributed by atoms with van der Waals surface area (Å²) in [6.45, 7) is 2.06. The SMILES string of the molecule is NC1=NCC2(CCN(C(=O)c3csc(-c4ccc(Cl)cc4)n3)CC2)N1. The maximum atomic E-state index is 12.7. The summed E-state index contributed by atoms with van der Waals surface area (Å²) in [4.78, 5) is 23.4. The van der Waals surface area contributed by atoms with Crippen LogP contribution in [0.1, 0.15) is 23.3 Å². The highest BCUT2D eigenvalue weighted by molar-refractivity contribution is 7.13. The standard InChI is InChI=1S/C17H18ClN5OS/c18-12-3-1-11(2-4-12)14-21-13(9-25-14)15(24)23-7-5-17(6-8-23)10-20-16(19)22-17/h1-4,9H,5-8,10H2,(H3,19,20,22). The molecular formula is C17H18ClN5OS. The fourth-order valence-corrected chi connectivity index (χ4v) is 4.19. The third-order valence-corrected chi connectivity index (χ3v) is 5.91. The minimum atomic E-state index is -0.0720. The largest absolute Gasteiger partial charge is 0.370 e. The van der Waals surface area contributed by atoms with E-state index in [-0.39, 0.29) is 11.4 Å². The number of aromatic nitrogens is 1. The minimum Gasteiger partial charge on any atom is -0.370 e. The molecule has 6 nitrogen and oxygen atoms in total. The van der Waals surface area contributed by atoms with Crippen molar-refractivity contribution >= 4 is 34.8 Å². The lowest BCUT2D eigenvalue weighted by Crippen LogP contribution is -2.55. The molecule has 25 heavy (non-hydrogen) atoms. The molecule has 2 aromatic rings. The number of guanidine groups is 1. The molecule has 0 bridgehead atoms. The van der Waals surface area contributed by atoms with Crippen LogP contribution in [0.3, 0.4) is 0 Å². The molecule has 3 heterocycles. The molecule has 0 atom stereocenters. The summed E-state index contributed by atoms with van der Waals surface area (Å²) in [5.41, 5.74) is 7.13. The highest BCUT2D eigenvalue weighted by Gasteiger charge is 2.39. The number of hydrogen-bond acceptors (Lipinski definition) is 6. The van der Waals surface area contributed by atoms with Gasteiger partial charge in [0.15, 0.2) is 5.96 Å². The Bertz CT molecular complexity index is 824. The fraction of sp³-hybridized carbons (Fsp3) is 0.353. The zero-order chi connectivity index (χ0) is 17.4. The lowest BCUT2D eigenvalue weighted by molar-refractivity contribution is 0.0663. The first-order valence-corrected chi connectivity index (χ1v) is 9.39. The molecule has 0 saturated carbocycles. The highest BCUT2D eigenvalue weighted by atomic mass is 35.5. The van der Waals surface area contributed by atoms with Crippen molar-refractivity contribution in [3.63, 3.8) is 0 Å². The van der Waals surface area contributed by atoms with Gasteiger partial charge in [-0.2, -0.15) is 0 Å². The summed E-state index contributed by atoms with van der Waals surface area (Å²) >= 11 is 7.39. The Balaban J connectivity index is 1.43. The zero-order valence-electron chi connectivity index (χ0n) is 13.5. The molecular weight excluding hydrogens is 358 g/mol. The van der Waals surface area contributed by atoms with E-state index in [2.05, 4.69) is 15.3 Å². The van der Waals surface area contributed by atoms with E-state index in [0.29, 0.717) is 36.3 Å². The normalized spacial score (nSPS) is 18.9. The average molecular weight is 376 g/mol. The van der Waals surface area contributed by atoms with E-state index in [1.54, 1.807) is 0 Å². The van der Waals surface area contributed by atoms with Crippen molar-refractivity contribution in [3.8, 4) is 10.6 Å². The van der Waals surface area contributed by atoms with Gasteiger partial charge in [-0.1, -0.05) is 23.7 Å². The van der Waals surface area contributed by atoms with Crippen LogP contribution in [-0.4, -0.2) is 46.9 Å². The van der Waals surface area contributed by atoms with Crippen LogP contribution in [0.15, 0.2) is 34.6 Å². The number of rotatable bonds is 2. The highest BCUT2D eigenvalue weighted by Crippen LogP contribution is 2.28. The summed E-state index contributed by atoms with van der Waals surface area (Å²) < 4.78 is 0. The number of thiazole rings is 1. The molecule has 3 N–H and O–H groups in total. The predicted octanol–water partition coefficient (Wildman–Crippen LogP) is 2.36. The Labute approximate surface area is 154 Å². The van der Waals surface area contributed by atoms with E-state index in [4.69, 9.17) is 17.3 Å². The first-order valence-electron chi connectivity index (χ1n) is 8.14. The van der Waals surface area contributed by atoms with Crippen molar-refractivity contribution in [1.82, 2.24) is 15.2 Å². The van der Waals surface area contributed by atoms with Gasteiger partial charge >= 0.3 is 0 Å². The van der Waals surface area contributed by atoms with Gasteiger partial charge in [-0.3, -0.25) is 9.79 Å². The van der Waals surface area contributed by atoms with Crippen LogP contribution in [0.2, 0.25) is 5.02 Å². The lowest BCUT2D eigenvalue weighted by atomic mass is 9.88. The number of halogens is 1. The molecule has 1 amide bonds. The molecule has 1 aromatic carbocycles. The number of carbonyl (C=O) groups is 1. The number of carbonyl (C=O) groups excluding carboxylic acids is 1. The number of nitrogens with one attached hydrogen (secondary N) is 1. The van der Waals surface area contributed by atoms with E-state index < -0.39 is 0 Å². The number of likely N-dealkylation sites (tertiary alicyclic amines) is 1. The van der Waals surface area contributed by atoms with Gasteiger partial charge in [0.25, 0.3) is 5.91 Å². The summed E-state index contributed by atoms with van der Waals surface area (Å²) in [5, 5.41) is 6.60. The fourth-order valence-electron chi connectivity index (χ4n) is 3.27. The van der Waals surface area contributed by atoms with Gasteiger partial charge in [-0.15, -0.1) is 11.3 Å². The summed E-state index contributed by atoms with van der Waals surface area (Å²) in [6.07, 6.45) is 1.69. The number of aliphatic imine (C=N–C) groups is 1. The van der Waals surface area contributed by atoms with Crippen molar-refractivity contribution in [2.45, 2.75) is 18.4 Å². The van der Waals surface area contributed by atoms with Gasteiger partial charge in [-0.05, 0) is 25.0 Å². The zero-order valence-corrected chi connectivity index (χ0v) is 15.1. The summed E-state index contributed by atoms with van der Waals surface area (Å²) in [7, 11) is 0. The number of nitrogens with zero attached hydrogens (tertiary/aromatic N) is 3. The molecule has 0 unspecified atom stereocenters. The molecule has 2 aliphatic rings. The van der Waals surface area contributed by atoms with Crippen molar-refractivity contribution in [1.29, 1.82) is 0 Å². The Morgan fingerprint density at radius 1 is 1.28 bits per heavy atom. The molecule has 1 aromatic heterocycles. The molecule has 8 heteroatoms. The maximum absolute atomic E-state index is 12.7. The number of piperidine rings is 1. The lowest BCUT2D eigenvalue weighted by Gasteiger charge is -2.38. The summed E-state index contributed by atoms with van der Waals surface area (Å²) in [6, 6.07) is 7.48. The Morgan fingerprint density at radius 3 is 2.64 bits per heavy atom. The van der Waals surface area contributed by atoms with E-state index in [0.717, 1.165) is 23.4 Å². The number of benzene rings is 1. The molecule has 1 spiro atoms. The van der Waals surface area contributed by atoms with E-state index >= 15 is 0 Å². The Kier molecular flexibility index (Phi) is 4.13. The van der Waals surface area contributed by atoms with Crippen molar-refractivity contribution in [2.24, 2.45) is 10.7 Å². The van der Waals surface area contributed by atoms with Gasteiger partial charge in [0.2, 0.25) is 0 Å². The van der Waals surface area contributed by atoms with Crippen LogP contribution in [0.25, 0.3) is 10.6 Å². The van der Waals surface area contributed by atoms with Crippen LogP contribution < -0.4 is 11.1 Å². The number of nitrogens with two attached hydrogens (primary N) is 1. The predicted molar refractivity (Wildman–Crippen MR) is 100 cm³/mol. The third-order valence-electron chi connectivity index (χ3n) is 4.77. The third kappa shape index (κ3) is 3.21. The molecule has 1 fully saturated rings. The number of amides is 1. The van der Waals surface area contributed by atoms with Crippen LogP contribution >= 0.6 is 22.9 Å². The molecule has 4 rings (SSSR count). The second kappa shape index (κ2) is 6.31. The second-order valence-corrected chi connectivity index (χ2v) is 7.74. The summed E-state index contributed by atoms with van der Waals surface area (Å²) in [5.74, 6) is 0.491. The maximum Gasteiger partial charge on any atom is 0.273 e. The van der Waals surface area contributed by atoms with Crippen LogP contribution in [0, 0.1) is 0 Å². The van der Waals surface area contributed by atoms with Crippen molar-refractivity contribution in [3.05, 3.63) is 40.4 Å². The van der Waals surface area contributed by atoms with Crippen LogP contribution in [-0.2, 0) is 0 Å². The molecule has 0 aliphatic carbocycles. The second-order valence-electron chi connectivity index (χ2n) is 6.44. The monoisotopic (exact) mass is 375 g/mol. The van der Waals surface area contributed by atoms with Crippen molar-refractivity contribution in [2.75, 3.05) is 19.6 Å². The van der Waals surface area contributed by atoms with E-state index in [1.807, 2.05) is 34.5 Å². The van der Waals surface area contributed by atoms with Gasteiger partial charge < -0.3 is 16.0 Å². The van der Waals surface area contributed by atoms with Crippen LogP contribution in [0.5, 0.6) is 0 Å². The van der Waals surface area contributed by atoms with Crippen LogP contribution in [0.4, 0.5) is 0 Å². The molecule has 2 aliphatic heterocycles. The smallest absolute Gasteiger partial charge is 0.273 e. The van der Waals surface area contributed by atoms with Crippen molar-refractivity contribution < 1.29 is 4.79 Å². The van der Waals surface area contributed by atoms with E-state index in [9.17, 15) is 4.79 Å². The van der Waals surface area contributed by atoms with Gasteiger partial charge in [0.1, 0.15) is 10.7 Å². The van der Waals surface area contributed by atoms with E-state index in [1.165, 1.54) is 11.3 Å². The minimum absolute atomic E-state index is 0.0156. The molecule has 0 radical (unpaired) electrons. The molecule has 130 valence electrons. The topological polar surface area (TPSA) is 83.6 Å². The quantitative estimate of drug-likeness (QED) is 0.844. The average Bonchev–Trinajstić information content (AvgIpc) is 3.23. The first kappa shape index (κ1) is 16.4. The van der Waals surface area contributed by atoms with Gasteiger partial charge in [0.05, 0.1) is 12.1 Å².